The second kappa shape index (κ2) is 8.54. The minimum absolute atomic E-state index is 0.0323. The molecule has 0 unspecified atom stereocenters. The van der Waals surface area contributed by atoms with E-state index in [0.29, 0.717) is 40.0 Å². The van der Waals surface area contributed by atoms with E-state index in [1.807, 2.05) is 0 Å². The molecule has 0 radical (unpaired) electrons. The number of benzene rings is 2. The number of ketones is 1. The van der Waals surface area contributed by atoms with Gasteiger partial charge in [-0.05, 0) is 71.2 Å². The van der Waals surface area contributed by atoms with Crippen LogP contribution in [0.25, 0.3) is 0 Å². The van der Waals surface area contributed by atoms with Crippen LogP contribution in [0.4, 0.5) is 5.69 Å². The number of nitrogens with zero attached hydrogens (tertiary/aromatic N) is 1. The van der Waals surface area contributed by atoms with Crippen LogP contribution in [0.3, 0.4) is 0 Å². The maximum Gasteiger partial charge on any atom is 0.337 e. The first kappa shape index (κ1) is 21.3. The lowest BCUT2D eigenvalue weighted by molar-refractivity contribution is 0.0600. The zero-order valence-corrected chi connectivity index (χ0v) is 18.4. The van der Waals surface area contributed by atoms with E-state index in [1.165, 1.54) is 11.4 Å². The second-order valence-corrected chi connectivity index (χ2v) is 9.45. The van der Waals surface area contributed by atoms with Crippen molar-refractivity contribution < 1.29 is 27.5 Å². The van der Waals surface area contributed by atoms with Crippen LogP contribution in [0.15, 0.2) is 40.9 Å². The minimum Gasteiger partial charge on any atom is -0.484 e. The predicted octanol–water partition coefficient (Wildman–Crippen LogP) is 3.21. The maximum atomic E-state index is 12.5. The average molecular weight is 482 g/mol. The Bertz CT molecular complexity index is 1070. The third-order valence-electron chi connectivity index (χ3n) is 4.67. The molecule has 0 saturated heterocycles. The maximum absolute atomic E-state index is 12.5. The van der Waals surface area contributed by atoms with Crippen molar-refractivity contribution >= 4 is 43.4 Å². The topological polar surface area (TPSA) is 90.0 Å². The average Bonchev–Trinajstić information content (AvgIpc) is 3.16. The number of hydrogen-bond donors (Lipinski definition) is 0. The van der Waals surface area contributed by atoms with Crippen LogP contribution in [0.5, 0.6) is 5.75 Å². The molecule has 0 spiro atoms. The van der Waals surface area contributed by atoms with Crippen LogP contribution in [-0.2, 0) is 21.2 Å². The smallest absolute Gasteiger partial charge is 0.337 e. The van der Waals surface area contributed by atoms with Crippen LogP contribution >= 0.6 is 15.9 Å². The summed E-state index contributed by atoms with van der Waals surface area (Å²) in [5, 5.41) is 0. The zero-order chi connectivity index (χ0) is 21.2. The van der Waals surface area contributed by atoms with Gasteiger partial charge in [-0.3, -0.25) is 9.10 Å². The van der Waals surface area contributed by atoms with E-state index in [-0.39, 0.29) is 18.1 Å². The number of Topliss-reactive ketones (excluding diaryl/α,β-unsaturated/α-hetero) is 1. The van der Waals surface area contributed by atoms with Crippen LogP contribution in [0.2, 0.25) is 0 Å². The molecule has 1 aliphatic heterocycles. The fourth-order valence-electron chi connectivity index (χ4n) is 3.08. The highest BCUT2D eigenvalue weighted by atomic mass is 79.9. The summed E-state index contributed by atoms with van der Waals surface area (Å²) in [6.07, 6.45) is 0.567. The highest BCUT2D eigenvalue weighted by Crippen LogP contribution is 2.32. The highest BCUT2D eigenvalue weighted by Gasteiger charge is 2.28. The number of halogens is 1. The van der Waals surface area contributed by atoms with Gasteiger partial charge in [-0.25, -0.2) is 13.2 Å². The van der Waals surface area contributed by atoms with Gasteiger partial charge in [0.2, 0.25) is 10.0 Å². The second-order valence-electron chi connectivity index (χ2n) is 6.41. The van der Waals surface area contributed by atoms with E-state index in [4.69, 9.17) is 4.74 Å². The van der Waals surface area contributed by atoms with Crippen molar-refractivity contribution in [2.75, 3.05) is 30.3 Å². The predicted molar refractivity (Wildman–Crippen MR) is 112 cm³/mol. The van der Waals surface area contributed by atoms with Gasteiger partial charge in [0.1, 0.15) is 5.75 Å². The van der Waals surface area contributed by atoms with Crippen molar-refractivity contribution in [3.8, 4) is 5.75 Å². The molecule has 1 heterocycles. The molecule has 2 aromatic rings. The Morgan fingerprint density at radius 1 is 1.14 bits per heavy atom. The van der Waals surface area contributed by atoms with E-state index >= 15 is 0 Å². The third-order valence-corrected chi connectivity index (χ3v) is 7.07. The van der Waals surface area contributed by atoms with E-state index < -0.39 is 16.0 Å². The summed E-state index contributed by atoms with van der Waals surface area (Å²) >= 11 is 3.32. The number of fused-ring (bicyclic) bond motifs is 1. The SMILES string of the molecule is CCS(=O)(=O)N1CCc2cc(C(=O)COc3ccc(C(=O)OC)cc3Br)ccc21. The Hall–Kier alpha value is -2.39. The van der Waals surface area contributed by atoms with Crippen molar-refractivity contribution in [1.82, 2.24) is 0 Å². The number of carbonyl (C=O) groups is 2. The lowest BCUT2D eigenvalue weighted by Gasteiger charge is -2.18. The van der Waals surface area contributed by atoms with E-state index in [2.05, 4.69) is 20.7 Å². The van der Waals surface area contributed by atoms with Crippen LogP contribution in [0, 0.1) is 0 Å². The fraction of sp³-hybridized carbons (Fsp3) is 0.300. The van der Waals surface area contributed by atoms with Crippen molar-refractivity contribution in [2.45, 2.75) is 13.3 Å². The zero-order valence-electron chi connectivity index (χ0n) is 16.0. The molecular formula is C20H20BrNO6S. The number of sulfonamides is 1. The first-order valence-electron chi connectivity index (χ1n) is 8.94. The quantitative estimate of drug-likeness (QED) is 0.445. The highest BCUT2D eigenvalue weighted by molar-refractivity contribution is 9.10. The molecule has 9 heteroatoms. The Morgan fingerprint density at radius 2 is 1.86 bits per heavy atom. The molecule has 0 aromatic heterocycles. The molecule has 154 valence electrons. The number of methoxy groups -OCH3 is 1. The Morgan fingerprint density at radius 3 is 2.52 bits per heavy atom. The lowest BCUT2D eigenvalue weighted by Crippen LogP contribution is -2.30. The van der Waals surface area contributed by atoms with E-state index in [1.54, 1.807) is 43.3 Å². The standard InChI is InChI=1S/C20H20BrNO6S/c1-3-29(25,26)22-9-8-13-10-14(4-6-17(13)22)18(23)12-28-19-7-5-15(11-16(19)21)20(24)27-2/h4-7,10-11H,3,8-9,12H2,1-2H3. The van der Waals surface area contributed by atoms with Gasteiger partial charge in [0.15, 0.2) is 12.4 Å². The van der Waals surface area contributed by atoms with Gasteiger partial charge in [-0.1, -0.05) is 0 Å². The number of hydrogen-bond acceptors (Lipinski definition) is 6. The molecule has 0 atom stereocenters. The number of rotatable bonds is 7. The van der Waals surface area contributed by atoms with Crippen LogP contribution in [-0.4, -0.2) is 46.2 Å². The fourth-order valence-corrected chi connectivity index (χ4v) is 4.73. The Labute approximate surface area is 177 Å². The molecule has 2 aromatic carbocycles. The lowest BCUT2D eigenvalue weighted by atomic mass is 10.1. The molecular weight excluding hydrogens is 462 g/mol. The van der Waals surface area contributed by atoms with Gasteiger partial charge in [-0.2, -0.15) is 0 Å². The van der Waals surface area contributed by atoms with E-state index in [0.717, 1.165) is 5.56 Å². The van der Waals surface area contributed by atoms with Crippen LogP contribution in [0.1, 0.15) is 33.2 Å². The normalized spacial score (nSPS) is 13.1. The number of carbonyl (C=O) groups excluding carboxylic acids is 2. The molecule has 0 amide bonds. The minimum atomic E-state index is -3.32. The summed E-state index contributed by atoms with van der Waals surface area (Å²) in [6, 6.07) is 9.70. The van der Waals surface area contributed by atoms with Gasteiger partial charge in [0.25, 0.3) is 0 Å². The third kappa shape index (κ3) is 4.45. The Kier molecular flexibility index (Phi) is 6.28. The summed E-state index contributed by atoms with van der Waals surface area (Å²) in [7, 11) is -2.02. The molecule has 1 aliphatic rings. The molecule has 0 aliphatic carbocycles. The van der Waals surface area contributed by atoms with Crippen LogP contribution < -0.4 is 9.04 Å². The summed E-state index contributed by atoms with van der Waals surface area (Å²) in [5.41, 5.74) is 2.28. The van der Waals surface area contributed by atoms with Gasteiger partial charge in [-0.15, -0.1) is 0 Å². The van der Waals surface area contributed by atoms with Gasteiger partial charge in [0.05, 0.1) is 28.6 Å². The molecule has 0 fully saturated rings. The molecule has 0 N–H and O–H groups in total. The molecule has 0 saturated carbocycles. The monoisotopic (exact) mass is 481 g/mol. The number of esters is 1. The molecule has 3 rings (SSSR count). The Balaban J connectivity index is 1.71. The van der Waals surface area contributed by atoms with Gasteiger partial charge < -0.3 is 9.47 Å². The molecule has 7 nitrogen and oxygen atoms in total. The van der Waals surface area contributed by atoms with Gasteiger partial charge in [0, 0.05) is 12.1 Å². The molecule has 29 heavy (non-hydrogen) atoms. The number of ether oxygens (including phenoxy) is 2. The summed E-state index contributed by atoms with van der Waals surface area (Å²) < 4.78 is 36.5. The summed E-state index contributed by atoms with van der Waals surface area (Å²) in [4.78, 5) is 24.1. The summed E-state index contributed by atoms with van der Waals surface area (Å²) in [6.45, 7) is 1.81. The van der Waals surface area contributed by atoms with Crippen molar-refractivity contribution in [2.24, 2.45) is 0 Å². The van der Waals surface area contributed by atoms with Crippen molar-refractivity contribution in [1.29, 1.82) is 0 Å². The summed E-state index contributed by atoms with van der Waals surface area (Å²) in [5.74, 6) is -0.239. The molecule has 0 bridgehead atoms. The van der Waals surface area contributed by atoms with Crippen molar-refractivity contribution in [3.63, 3.8) is 0 Å². The van der Waals surface area contributed by atoms with Crippen molar-refractivity contribution in [3.05, 3.63) is 57.6 Å². The number of anilines is 1. The van der Waals surface area contributed by atoms with E-state index in [9.17, 15) is 18.0 Å². The van der Waals surface area contributed by atoms with Gasteiger partial charge >= 0.3 is 5.97 Å². The first-order valence-corrected chi connectivity index (χ1v) is 11.3. The first-order chi connectivity index (χ1) is 13.8. The largest absolute Gasteiger partial charge is 0.484 e.